The van der Waals surface area contributed by atoms with Gasteiger partial charge in [-0.15, -0.1) is 0 Å². The van der Waals surface area contributed by atoms with Crippen molar-refractivity contribution in [3.05, 3.63) is 71.3 Å². The molecular weight excluding hydrogens is 430 g/mol. The number of rotatable bonds is 19. The van der Waals surface area contributed by atoms with Gasteiger partial charge in [0, 0.05) is 18.9 Å². The molecule has 2 aromatic carbocycles. The van der Waals surface area contributed by atoms with Crippen LogP contribution in [0.25, 0.3) is 0 Å². The minimum atomic E-state index is -1.42. The zero-order valence-electron chi connectivity index (χ0n) is 22.2. The molecule has 2 aromatic rings. The van der Waals surface area contributed by atoms with E-state index in [1.54, 1.807) is 0 Å². The number of hydrogen-bond donors (Lipinski definition) is 1. The SMILES string of the molecule is CCCCCCCCCC[Si](C)(CCCC=O)CNCC(c1ccccc1)c1ccccc1C. The van der Waals surface area contributed by atoms with Crippen molar-refractivity contribution in [3.8, 4) is 0 Å². The van der Waals surface area contributed by atoms with Gasteiger partial charge in [-0.25, -0.2) is 0 Å². The fourth-order valence-corrected chi connectivity index (χ4v) is 8.70. The largest absolute Gasteiger partial charge is 0.319 e. The number of carbonyl (C=O) groups excluding carboxylic acids is 1. The number of benzene rings is 2. The summed E-state index contributed by atoms with van der Waals surface area (Å²) in [5.41, 5.74) is 4.17. The summed E-state index contributed by atoms with van der Waals surface area (Å²) < 4.78 is 0. The molecule has 2 unspecified atom stereocenters. The molecule has 0 saturated heterocycles. The van der Waals surface area contributed by atoms with Crippen LogP contribution in [-0.4, -0.2) is 27.1 Å². The van der Waals surface area contributed by atoms with Gasteiger partial charge in [-0.1, -0.05) is 132 Å². The van der Waals surface area contributed by atoms with Crippen molar-refractivity contribution >= 4 is 14.4 Å². The standard InChI is InChI=1S/C31H49NOSi/c1-4-5-6-7-8-9-10-17-24-34(3,25-18-16-23-33)27-32-26-31(29-20-12-11-13-21-29)30-22-15-14-19-28(30)2/h11-15,19-23,31-32H,4-10,16-18,24-27H2,1-3H3. The summed E-state index contributed by atoms with van der Waals surface area (Å²) in [7, 11) is -1.42. The lowest BCUT2D eigenvalue weighted by molar-refractivity contribution is -0.107. The first-order valence-corrected chi connectivity index (χ1v) is 17.0. The molecule has 0 heterocycles. The number of nitrogens with one attached hydrogen (secondary N) is 1. The van der Waals surface area contributed by atoms with Gasteiger partial charge in [0.1, 0.15) is 6.29 Å². The molecule has 0 saturated carbocycles. The van der Waals surface area contributed by atoms with Gasteiger partial charge in [-0.3, -0.25) is 0 Å². The van der Waals surface area contributed by atoms with Gasteiger partial charge >= 0.3 is 0 Å². The lowest BCUT2D eigenvalue weighted by Gasteiger charge is -2.30. The Morgan fingerprint density at radius 2 is 1.44 bits per heavy atom. The highest BCUT2D eigenvalue weighted by molar-refractivity contribution is 6.78. The second kappa shape index (κ2) is 16.8. The molecule has 0 aromatic heterocycles. The Bertz CT molecular complexity index is 793. The minimum absolute atomic E-state index is 0.374. The molecule has 0 radical (unpaired) electrons. The monoisotopic (exact) mass is 479 g/mol. The Labute approximate surface area is 211 Å². The first-order valence-electron chi connectivity index (χ1n) is 13.8. The highest BCUT2D eigenvalue weighted by Gasteiger charge is 2.26. The van der Waals surface area contributed by atoms with E-state index in [0.717, 1.165) is 31.8 Å². The smallest absolute Gasteiger partial charge is 0.119 e. The zero-order chi connectivity index (χ0) is 24.5. The molecule has 0 fully saturated rings. The topological polar surface area (TPSA) is 29.1 Å². The van der Waals surface area contributed by atoms with Crippen LogP contribution in [0.2, 0.25) is 18.6 Å². The minimum Gasteiger partial charge on any atom is -0.319 e. The fourth-order valence-electron chi connectivity index (χ4n) is 5.19. The Morgan fingerprint density at radius 3 is 2.12 bits per heavy atom. The van der Waals surface area contributed by atoms with Crippen LogP contribution in [0.15, 0.2) is 54.6 Å². The van der Waals surface area contributed by atoms with E-state index in [1.165, 1.54) is 80.1 Å². The lowest BCUT2D eigenvalue weighted by atomic mass is 9.88. The van der Waals surface area contributed by atoms with E-state index in [2.05, 4.69) is 80.3 Å². The molecule has 188 valence electrons. The molecule has 0 spiro atoms. The van der Waals surface area contributed by atoms with Gasteiger partial charge in [0.15, 0.2) is 0 Å². The van der Waals surface area contributed by atoms with Crippen LogP contribution in [0.3, 0.4) is 0 Å². The van der Waals surface area contributed by atoms with Crippen molar-refractivity contribution in [3.63, 3.8) is 0 Å². The van der Waals surface area contributed by atoms with E-state index in [9.17, 15) is 4.79 Å². The van der Waals surface area contributed by atoms with Crippen LogP contribution in [0.1, 0.15) is 93.7 Å². The normalized spacial score (nSPS) is 14.0. The second-order valence-electron chi connectivity index (χ2n) is 10.5. The van der Waals surface area contributed by atoms with Crippen LogP contribution in [0, 0.1) is 6.92 Å². The summed E-state index contributed by atoms with van der Waals surface area (Å²) in [4.78, 5) is 10.9. The molecule has 2 atom stereocenters. The molecule has 0 amide bonds. The Morgan fingerprint density at radius 1 is 0.824 bits per heavy atom. The average molecular weight is 480 g/mol. The predicted molar refractivity (Wildman–Crippen MR) is 151 cm³/mol. The van der Waals surface area contributed by atoms with E-state index >= 15 is 0 Å². The number of aryl methyl sites for hydroxylation is 1. The van der Waals surface area contributed by atoms with E-state index in [-0.39, 0.29) is 0 Å². The molecule has 0 bridgehead atoms. The molecule has 2 rings (SSSR count). The van der Waals surface area contributed by atoms with Crippen molar-refractivity contribution in [2.24, 2.45) is 0 Å². The van der Waals surface area contributed by atoms with Gasteiger partial charge in [0.05, 0.1) is 8.07 Å². The summed E-state index contributed by atoms with van der Waals surface area (Å²) in [5.74, 6) is 0.374. The molecule has 0 aliphatic heterocycles. The quantitative estimate of drug-likeness (QED) is 0.124. The van der Waals surface area contributed by atoms with Crippen molar-refractivity contribution in [2.75, 3.05) is 12.7 Å². The highest BCUT2D eigenvalue weighted by atomic mass is 28.3. The molecule has 0 aliphatic rings. The molecule has 2 nitrogen and oxygen atoms in total. The summed E-state index contributed by atoms with van der Waals surface area (Å²) in [5, 5.41) is 3.93. The van der Waals surface area contributed by atoms with E-state index in [0.29, 0.717) is 5.92 Å². The maximum absolute atomic E-state index is 10.9. The second-order valence-corrected chi connectivity index (χ2v) is 15.5. The number of aldehydes is 1. The Balaban J connectivity index is 1.93. The van der Waals surface area contributed by atoms with Crippen molar-refractivity contribution in [1.82, 2.24) is 5.32 Å². The van der Waals surface area contributed by atoms with Crippen LogP contribution in [0.4, 0.5) is 0 Å². The van der Waals surface area contributed by atoms with Crippen molar-refractivity contribution < 1.29 is 4.79 Å². The summed E-state index contributed by atoms with van der Waals surface area (Å²) in [6.07, 6.45) is 15.1. The van der Waals surface area contributed by atoms with Crippen molar-refractivity contribution in [1.29, 1.82) is 0 Å². The van der Waals surface area contributed by atoms with E-state index in [4.69, 9.17) is 0 Å². The number of hydrogen-bond acceptors (Lipinski definition) is 2. The first kappa shape index (κ1) is 28.5. The third-order valence-electron chi connectivity index (χ3n) is 7.40. The molecule has 1 N–H and O–H groups in total. The molecule has 0 aliphatic carbocycles. The Hall–Kier alpha value is -1.71. The Kier molecular flexibility index (Phi) is 14.1. The first-order chi connectivity index (χ1) is 16.6. The van der Waals surface area contributed by atoms with Gasteiger partial charge in [0.25, 0.3) is 0 Å². The number of carbonyl (C=O) groups is 1. The summed E-state index contributed by atoms with van der Waals surface area (Å²) in [6, 6.07) is 22.4. The molecule has 3 heteroatoms. The van der Waals surface area contributed by atoms with Gasteiger partial charge in [-0.05, 0) is 36.2 Å². The molecular formula is C31H49NOSi. The van der Waals surface area contributed by atoms with E-state index < -0.39 is 8.07 Å². The van der Waals surface area contributed by atoms with Gasteiger partial charge < -0.3 is 10.1 Å². The van der Waals surface area contributed by atoms with Gasteiger partial charge in [-0.2, -0.15) is 0 Å². The zero-order valence-corrected chi connectivity index (χ0v) is 23.2. The van der Waals surface area contributed by atoms with Crippen LogP contribution >= 0.6 is 0 Å². The van der Waals surface area contributed by atoms with Crippen LogP contribution < -0.4 is 5.32 Å². The third kappa shape index (κ3) is 10.7. The van der Waals surface area contributed by atoms with E-state index in [1.807, 2.05) is 0 Å². The summed E-state index contributed by atoms with van der Waals surface area (Å²) >= 11 is 0. The number of unbranched alkanes of at least 4 members (excludes halogenated alkanes) is 8. The lowest BCUT2D eigenvalue weighted by Crippen LogP contribution is -2.43. The fraction of sp³-hybridized carbons (Fsp3) is 0.581. The highest BCUT2D eigenvalue weighted by Crippen LogP contribution is 2.27. The van der Waals surface area contributed by atoms with Crippen LogP contribution in [0.5, 0.6) is 0 Å². The van der Waals surface area contributed by atoms with Gasteiger partial charge in [0.2, 0.25) is 0 Å². The molecule has 34 heavy (non-hydrogen) atoms. The maximum atomic E-state index is 10.9. The average Bonchev–Trinajstić information content (AvgIpc) is 2.85. The third-order valence-corrected chi connectivity index (χ3v) is 11.6. The van der Waals surface area contributed by atoms with Crippen molar-refractivity contribution in [2.45, 2.75) is 103 Å². The maximum Gasteiger partial charge on any atom is 0.119 e. The van der Waals surface area contributed by atoms with Crippen LogP contribution in [-0.2, 0) is 4.79 Å². The summed E-state index contributed by atoms with van der Waals surface area (Å²) in [6.45, 7) is 8.05. The predicted octanol–water partition coefficient (Wildman–Crippen LogP) is 8.45.